The monoisotopic (exact) mass is 175 g/mol. The molecule has 0 aliphatic heterocycles. The molecule has 13 heavy (non-hydrogen) atoms. The van der Waals surface area contributed by atoms with E-state index < -0.39 is 0 Å². The number of hydrogen-bond acceptors (Lipinski definition) is 3. The molecule has 5 heteroatoms. The molecule has 0 aliphatic carbocycles. The molecule has 0 saturated heterocycles. The van der Waals surface area contributed by atoms with Crippen LogP contribution in [-0.4, -0.2) is 15.7 Å². The van der Waals surface area contributed by atoms with Gasteiger partial charge < -0.3 is 11.5 Å². The molecule has 0 saturated carbocycles. The average Bonchev–Trinajstić information content (AvgIpc) is 2.46. The maximum absolute atomic E-state index is 7.17. The lowest BCUT2D eigenvalue weighted by Crippen LogP contribution is -2.20. The summed E-state index contributed by atoms with van der Waals surface area (Å²) in [7, 11) is 0. The van der Waals surface area contributed by atoms with E-state index in [-0.39, 0.29) is 5.96 Å². The SMILES string of the molecule is N=C(N)n1cc2cc(N)ccc2n1. The van der Waals surface area contributed by atoms with Crippen LogP contribution >= 0.6 is 0 Å². The number of fused-ring (bicyclic) bond motifs is 1. The summed E-state index contributed by atoms with van der Waals surface area (Å²) in [6, 6.07) is 5.35. The van der Waals surface area contributed by atoms with Crippen LogP contribution in [-0.2, 0) is 0 Å². The number of nitrogens with two attached hydrogens (primary N) is 2. The van der Waals surface area contributed by atoms with Crippen LogP contribution in [0, 0.1) is 5.41 Å². The van der Waals surface area contributed by atoms with E-state index in [1.807, 2.05) is 0 Å². The molecule has 0 bridgehead atoms. The molecule has 1 aromatic heterocycles. The summed E-state index contributed by atoms with van der Waals surface area (Å²) in [4.78, 5) is 0. The minimum atomic E-state index is -0.102. The van der Waals surface area contributed by atoms with Crippen molar-refractivity contribution in [2.24, 2.45) is 5.73 Å². The van der Waals surface area contributed by atoms with Crippen molar-refractivity contribution in [2.45, 2.75) is 0 Å². The third-order valence-corrected chi connectivity index (χ3v) is 1.78. The molecule has 2 rings (SSSR count). The van der Waals surface area contributed by atoms with Crippen LogP contribution in [0.25, 0.3) is 10.9 Å². The molecule has 0 atom stereocenters. The van der Waals surface area contributed by atoms with Gasteiger partial charge in [0.2, 0.25) is 5.96 Å². The molecule has 0 spiro atoms. The molecule has 66 valence electrons. The van der Waals surface area contributed by atoms with Crippen LogP contribution < -0.4 is 11.5 Å². The van der Waals surface area contributed by atoms with E-state index >= 15 is 0 Å². The Morgan fingerprint density at radius 1 is 1.46 bits per heavy atom. The predicted octanol–water partition coefficient (Wildman–Crippen LogP) is 0.360. The van der Waals surface area contributed by atoms with E-state index in [1.54, 1.807) is 24.4 Å². The molecule has 5 nitrogen and oxygen atoms in total. The Hall–Kier alpha value is -2.04. The molecule has 1 aromatic carbocycles. The van der Waals surface area contributed by atoms with Crippen molar-refractivity contribution in [1.82, 2.24) is 9.78 Å². The summed E-state index contributed by atoms with van der Waals surface area (Å²) in [5, 5.41) is 12.1. The van der Waals surface area contributed by atoms with Crippen molar-refractivity contribution in [2.75, 3.05) is 5.73 Å². The van der Waals surface area contributed by atoms with Gasteiger partial charge in [-0.05, 0) is 18.2 Å². The van der Waals surface area contributed by atoms with Gasteiger partial charge in [0, 0.05) is 17.3 Å². The zero-order valence-electron chi connectivity index (χ0n) is 6.86. The fourth-order valence-electron chi connectivity index (χ4n) is 1.17. The number of nitrogen functional groups attached to an aromatic ring is 2. The highest BCUT2D eigenvalue weighted by atomic mass is 15.3. The van der Waals surface area contributed by atoms with E-state index in [0.29, 0.717) is 5.69 Å². The van der Waals surface area contributed by atoms with Crippen LogP contribution in [0.2, 0.25) is 0 Å². The molecular weight excluding hydrogens is 166 g/mol. The van der Waals surface area contributed by atoms with Crippen LogP contribution in [0.4, 0.5) is 5.69 Å². The second kappa shape index (κ2) is 2.48. The van der Waals surface area contributed by atoms with Crippen LogP contribution in [0.1, 0.15) is 0 Å². The maximum atomic E-state index is 7.17. The minimum Gasteiger partial charge on any atom is -0.399 e. The van der Waals surface area contributed by atoms with Gasteiger partial charge in [0.25, 0.3) is 0 Å². The first-order valence-corrected chi connectivity index (χ1v) is 3.76. The van der Waals surface area contributed by atoms with Crippen LogP contribution in [0.5, 0.6) is 0 Å². The Morgan fingerprint density at radius 2 is 2.23 bits per heavy atom. The molecule has 2 aromatic rings. The van der Waals surface area contributed by atoms with Gasteiger partial charge in [0.05, 0.1) is 5.52 Å². The summed E-state index contributed by atoms with van der Waals surface area (Å²) in [6.07, 6.45) is 1.67. The highest BCUT2D eigenvalue weighted by Crippen LogP contribution is 2.14. The minimum absolute atomic E-state index is 0.102. The summed E-state index contributed by atoms with van der Waals surface area (Å²) in [5.74, 6) is -0.102. The Balaban J connectivity index is 2.68. The van der Waals surface area contributed by atoms with Crippen molar-refractivity contribution in [3.8, 4) is 0 Å². The lowest BCUT2D eigenvalue weighted by Gasteiger charge is -1.91. The molecule has 0 fully saturated rings. The fourth-order valence-corrected chi connectivity index (χ4v) is 1.17. The van der Waals surface area contributed by atoms with Crippen molar-refractivity contribution in [3.05, 3.63) is 24.4 Å². The zero-order chi connectivity index (χ0) is 9.42. The predicted molar refractivity (Wildman–Crippen MR) is 51.5 cm³/mol. The lowest BCUT2D eigenvalue weighted by atomic mass is 10.2. The first-order valence-electron chi connectivity index (χ1n) is 3.76. The van der Waals surface area contributed by atoms with Crippen LogP contribution in [0.3, 0.4) is 0 Å². The highest BCUT2D eigenvalue weighted by molar-refractivity contribution is 5.86. The molecular formula is C8H9N5. The molecule has 5 N–H and O–H groups in total. The normalized spacial score (nSPS) is 10.5. The number of nitrogens with one attached hydrogen (secondary N) is 1. The van der Waals surface area contributed by atoms with Crippen molar-refractivity contribution >= 4 is 22.5 Å². The van der Waals surface area contributed by atoms with Gasteiger partial charge >= 0.3 is 0 Å². The molecule has 0 amide bonds. The van der Waals surface area contributed by atoms with E-state index in [2.05, 4.69) is 5.10 Å². The highest BCUT2D eigenvalue weighted by Gasteiger charge is 2.01. The third-order valence-electron chi connectivity index (χ3n) is 1.78. The Morgan fingerprint density at radius 3 is 2.92 bits per heavy atom. The quantitative estimate of drug-likeness (QED) is 0.306. The van der Waals surface area contributed by atoms with Gasteiger partial charge in [-0.25, -0.2) is 4.68 Å². The smallest absolute Gasteiger partial charge is 0.213 e. The van der Waals surface area contributed by atoms with Gasteiger partial charge in [-0.1, -0.05) is 0 Å². The molecule has 1 heterocycles. The fraction of sp³-hybridized carbons (Fsp3) is 0. The van der Waals surface area contributed by atoms with Crippen molar-refractivity contribution < 1.29 is 0 Å². The number of nitrogens with zero attached hydrogens (tertiary/aromatic N) is 2. The average molecular weight is 175 g/mol. The second-order valence-electron chi connectivity index (χ2n) is 2.78. The van der Waals surface area contributed by atoms with E-state index in [4.69, 9.17) is 16.9 Å². The van der Waals surface area contributed by atoms with E-state index in [1.165, 1.54) is 4.68 Å². The standard InChI is InChI=1S/C8H9N5/c9-6-1-2-7-5(3-6)4-13(12-7)8(10)11/h1-4H,9H2,(H3,10,11). The Bertz CT molecular complexity index is 470. The van der Waals surface area contributed by atoms with E-state index in [0.717, 1.165) is 10.9 Å². The first kappa shape index (κ1) is 7.60. The summed E-state index contributed by atoms with van der Waals surface area (Å²) in [5.41, 5.74) is 12.3. The molecule has 0 unspecified atom stereocenters. The zero-order valence-corrected chi connectivity index (χ0v) is 6.86. The number of anilines is 1. The number of rotatable bonds is 0. The topological polar surface area (TPSA) is 93.7 Å². The third kappa shape index (κ3) is 1.20. The summed E-state index contributed by atoms with van der Waals surface area (Å²) >= 11 is 0. The van der Waals surface area contributed by atoms with Gasteiger partial charge in [0.15, 0.2) is 0 Å². The summed E-state index contributed by atoms with van der Waals surface area (Å²) in [6.45, 7) is 0. The van der Waals surface area contributed by atoms with E-state index in [9.17, 15) is 0 Å². The van der Waals surface area contributed by atoms with Crippen molar-refractivity contribution in [3.63, 3.8) is 0 Å². The van der Waals surface area contributed by atoms with Gasteiger partial charge in [-0.2, -0.15) is 5.10 Å². The largest absolute Gasteiger partial charge is 0.399 e. The van der Waals surface area contributed by atoms with Crippen LogP contribution in [0.15, 0.2) is 24.4 Å². The number of aromatic nitrogens is 2. The number of hydrogen-bond donors (Lipinski definition) is 3. The summed E-state index contributed by atoms with van der Waals surface area (Å²) < 4.78 is 1.31. The van der Waals surface area contributed by atoms with Gasteiger partial charge in [0.1, 0.15) is 0 Å². The Labute approximate surface area is 74.5 Å². The molecule has 0 radical (unpaired) electrons. The maximum Gasteiger partial charge on any atom is 0.213 e. The second-order valence-corrected chi connectivity index (χ2v) is 2.78. The van der Waals surface area contributed by atoms with Gasteiger partial charge in [-0.15, -0.1) is 0 Å². The Kier molecular flexibility index (Phi) is 1.45. The first-order chi connectivity index (χ1) is 6.16. The van der Waals surface area contributed by atoms with Crippen molar-refractivity contribution in [1.29, 1.82) is 5.41 Å². The number of benzene rings is 1. The van der Waals surface area contributed by atoms with Gasteiger partial charge in [-0.3, -0.25) is 5.41 Å². The lowest BCUT2D eigenvalue weighted by molar-refractivity contribution is 0.928. The molecule has 0 aliphatic rings.